The normalized spacial score (nSPS) is 14.0. The number of nitrogens with one attached hydrogen (secondary N) is 3. The number of nitrogens with two attached hydrogens (primary N) is 1. The summed E-state index contributed by atoms with van der Waals surface area (Å²) in [6, 6.07) is 6.23. The van der Waals surface area contributed by atoms with Crippen molar-refractivity contribution in [3.8, 4) is 0 Å². The van der Waals surface area contributed by atoms with E-state index in [9.17, 15) is 0 Å². The second-order valence-electron chi connectivity index (χ2n) is 6.82. The van der Waals surface area contributed by atoms with Gasteiger partial charge in [-0.3, -0.25) is 5.41 Å². The maximum atomic E-state index is 8.62. The molecule has 8 nitrogen and oxygen atoms in total. The molecule has 1 aliphatic carbocycles. The van der Waals surface area contributed by atoms with E-state index in [2.05, 4.69) is 25.8 Å². The third-order valence-electron chi connectivity index (χ3n) is 4.23. The van der Waals surface area contributed by atoms with Gasteiger partial charge in [0.25, 0.3) is 0 Å². The highest BCUT2D eigenvalue weighted by atomic mass is 16.5. The number of benzene rings is 1. The van der Waals surface area contributed by atoms with E-state index in [1.165, 1.54) is 6.33 Å². The van der Waals surface area contributed by atoms with Crippen LogP contribution in [0, 0.1) is 5.41 Å². The average molecular weight is 351 g/mol. The number of hydrogen-bond donors (Lipinski definition) is 4. The van der Waals surface area contributed by atoms with Crippen LogP contribution in [0.1, 0.15) is 37.8 Å². The highest BCUT2D eigenvalue weighted by Gasteiger charge is 2.24. The summed E-state index contributed by atoms with van der Waals surface area (Å²) in [5, 5.41) is 20.2. The molecule has 2 heterocycles. The van der Waals surface area contributed by atoms with E-state index in [1.54, 1.807) is 6.07 Å². The third kappa shape index (κ3) is 3.05. The first-order valence-corrected chi connectivity index (χ1v) is 8.65. The Kier molecular flexibility index (Phi) is 3.95. The summed E-state index contributed by atoms with van der Waals surface area (Å²) in [5.74, 6) is 1.57. The van der Waals surface area contributed by atoms with Gasteiger partial charge in [0, 0.05) is 17.6 Å². The zero-order chi connectivity index (χ0) is 18.3. The minimum Gasteiger partial charge on any atom is -0.383 e. The van der Waals surface area contributed by atoms with Crippen LogP contribution in [0.3, 0.4) is 0 Å². The summed E-state index contributed by atoms with van der Waals surface area (Å²) >= 11 is 0. The lowest BCUT2D eigenvalue weighted by molar-refractivity contribution is 0.459. The summed E-state index contributed by atoms with van der Waals surface area (Å²) in [7, 11) is 0. The lowest BCUT2D eigenvalue weighted by Gasteiger charge is -2.15. The number of nitrogens with zero attached hydrogens (tertiary/aromatic N) is 3. The molecule has 0 amide bonds. The Balaban J connectivity index is 1.70. The number of fused-ring (bicyclic) bond motifs is 1. The molecular weight excluding hydrogens is 330 g/mol. The number of rotatable bonds is 6. The minimum absolute atomic E-state index is 0.156. The Hall–Kier alpha value is -3.16. The smallest absolute Gasteiger partial charge is 0.177 e. The molecule has 0 spiro atoms. The molecule has 4 rings (SSSR count). The lowest BCUT2D eigenvalue weighted by Crippen LogP contribution is -2.17. The Morgan fingerprint density at radius 2 is 2.08 bits per heavy atom. The molecule has 0 unspecified atom stereocenters. The summed E-state index contributed by atoms with van der Waals surface area (Å²) in [4.78, 5) is 8.28. The van der Waals surface area contributed by atoms with Crippen LogP contribution in [0.4, 0.5) is 17.5 Å². The Morgan fingerprint density at radius 3 is 2.81 bits per heavy atom. The summed E-state index contributed by atoms with van der Waals surface area (Å²) in [6.07, 6.45) is 3.72. The minimum atomic E-state index is 0.156. The van der Waals surface area contributed by atoms with Crippen LogP contribution < -0.4 is 16.4 Å². The molecular formula is C18H21N7O. The third-order valence-corrected chi connectivity index (χ3v) is 4.23. The highest BCUT2D eigenvalue weighted by Crippen LogP contribution is 2.31. The van der Waals surface area contributed by atoms with E-state index >= 15 is 0 Å². The van der Waals surface area contributed by atoms with Crippen molar-refractivity contribution in [2.75, 3.05) is 16.4 Å². The van der Waals surface area contributed by atoms with Crippen molar-refractivity contribution in [1.82, 2.24) is 15.1 Å². The second kappa shape index (κ2) is 6.29. The summed E-state index contributed by atoms with van der Waals surface area (Å²) in [5.41, 5.74) is 8.05. The maximum Gasteiger partial charge on any atom is 0.177 e. The molecule has 0 aliphatic heterocycles. The first kappa shape index (κ1) is 16.3. The van der Waals surface area contributed by atoms with Crippen molar-refractivity contribution in [3.05, 3.63) is 35.7 Å². The van der Waals surface area contributed by atoms with Crippen molar-refractivity contribution < 1.29 is 4.52 Å². The van der Waals surface area contributed by atoms with Crippen molar-refractivity contribution in [3.63, 3.8) is 0 Å². The second-order valence-corrected chi connectivity index (χ2v) is 6.82. The Morgan fingerprint density at radius 1 is 1.27 bits per heavy atom. The molecule has 26 heavy (non-hydrogen) atoms. The molecule has 5 N–H and O–H groups in total. The van der Waals surface area contributed by atoms with Crippen molar-refractivity contribution in [2.24, 2.45) is 0 Å². The van der Waals surface area contributed by atoms with Gasteiger partial charge in [-0.25, -0.2) is 9.97 Å². The van der Waals surface area contributed by atoms with Gasteiger partial charge in [0.2, 0.25) is 0 Å². The molecule has 1 saturated carbocycles. The Labute approximate surface area is 150 Å². The number of hydrogen-bond acceptors (Lipinski definition) is 8. The number of anilines is 3. The molecule has 1 aromatic carbocycles. The van der Waals surface area contributed by atoms with Crippen LogP contribution in [0.5, 0.6) is 0 Å². The Bertz CT molecular complexity index is 975. The molecule has 1 aliphatic rings. The molecule has 134 valence electrons. The van der Waals surface area contributed by atoms with Gasteiger partial charge in [-0.2, -0.15) is 0 Å². The van der Waals surface area contributed by atoms with Gasteiger partial charge in [0.1, 0.15) is 18.0 Å². The highest BCUT2D eigenvalue weighted by molar-refractivity contribution is 6.17. The van der Waals surface area contributed by atoms with E-state index in [4.69, 9.17) is 15.7 Å². The molecule has 0 atom stereocenters. The molecule has 2 aromatic heterocycles. The zero-order valence-corrected chi connectivity index (χ0v) is 14.7. The first-order valence-electron chi connectivity index (χ1n) is 8.65. The monoisotopic (exact) mass is 351 g/mol. The predicted molar refractivity (Wildman–Crippen MR) is 102 cm³/mol. The standard InChI is InChI=1S/C18H21N7O/c1-9(2)23-18-14(16(20)21-8-22-18)15(19)10-3-6-12-13(7-10)26-25-17(12)24-11-4-5-11/h3,6-9,11,19H,4-5H2,1-2H3,(H,24,25)(H3,20,21,22,23). The fraction of sp³-hybridized carbons (Fsp3) is 0.333. The van der Waals surface area contributed by atoms with Gasteiger partial charge >= 0.3 is 0 Å². The maximum absolute atomic E-state index is 8.62. The van der Waals surface area contributed by atoms with Crippen LogP contribution in [0.25, 0.3) is 11.0 Å². The van der Waals surface area contributed by atoms with Gasteiger partial charge in [0.05, 0.1) is 16.7 Å². The SMILES string of the molecule is CC(C)Nc1ncnc(N)c1C(=N)c1ccc2c(NC3CC3)noc2c1. The van der Waals surface area contributed by atoms with E-state index < -0.39 is 0 Å². The molecule has 1 fully saturated rings. The molecule has 0 bridgehead atoms. The summed E-state index contributed by atoms with van der Waals surface area (Å²) in [6.45, 7) is 4.00. The molecule has 0 radical (unpaired) electrons. The zero-order valence-electron chi connectivity index (χ0n) is 14.7. The fourth-order valence-electron chi connectivity index (χ4n) is 2.79. The average Bonchev–Trinajstić information content (AvgIpc) is 3.33. The quantitative estimate of drug-likeness (QED) is 0.503. The molecule has 0 saturated heterocycles. The lowest BCUT2D eigenvalue weighted by atomic mass is 10.0. The van der Waals surface area contributed by atoms with E-state index in [0.29, 0.717) is 28.6 Å². The van der Waals surface area contributed by atoms with E-state index in [0.717, 1.165) is 24.0 Å². The van der Waals surface area contributed by atoms with E-state index in [-0.39, 0.29) is 17.6 Å². The van der Waals surface area contributed by atoms with Gasteiger partial charge in [0.15, 0.2) is 11.4 Å². The van der Waals surface area contributed by atoms with Gasteiger partial charge in [-0.15, -0.1) is 0 Å². The van der Waals surface area contributed by atoms with Gasteiger partial charge < -0.3 is 20.9 Å². The largest absolute Gasteiger partial charge is 0.383 e. The van der Waals surface area contributed by atoms with Gasteiger partial charge in [-0.05, 0) is 38.8 Å². The number of nitrogen functional groups attached to an aromatic ring is 1. The van der Waals surface area contributed by atoms with Crippen molar-refractivity contribution in [2.45, 2.75) is 38.8 Å². The molecule has 3 aromatic rings. The van der Waals surface area contributed by atoms with Crippen LogP contribution in [-0.4, -0.2) is 32.9 Å². The predicted octanol–water partition coefficient (Wildman–Crippen LogP) is 3.01. The van der Waals surface area contributed by atoms with Gasteiger partial charge in [-0.1, -0.05) is 11.2 Å². The molecule has 8 heteroatoms. The fourth-order valence-corrected chi connectivity index (χ4v) is 2.79. The van der Waals surface area contributed by atoms with E-state index in [1.807, 2.05) is 26.0 Å². The van der Waals surface area contributed by atoms with Crippen molar-refractivity contribution >= 4 is 34.1 Å². The van der Waals surface area contributed by atoms with Crippen LogP contribution in [-0.2, 0) is 0 Å². The summed E-state index contributed by atoms with van der Waals surface area (Å²) < 4.78 is 5.44. The van der Waals surface area contributed by atoms with Crippen LogP contribution in [0.2, 0.25) is 0 Å². The van der Waals surface area contributed by atoms with Crippen LogP contribution >= 0.6 is 0 Å². The topological polar surface area (TPSA) is 126 Å². The number of aromatic nitrogens is 3. The van der Waals surface area contributed by atoms with Crippen LogP contribution in [0.15, 0.2) is 29.0 Å². The first-order chi connectivity index (χ1) is 12.5. The van der Waals surface area contributed by atoms with Crippen molar-refractivity contribution in [1.29, 1.82) is 5.41 Å².